The van der Waals surface area contributed by atoms with Crippen molar-refractivity contribution in [1.29, 1.82) is 0 Å². The van der Waals surface area contributed by atoms with Crippen LogP contribution in [-0.4, -0.2) is 49.1 Å². The van der Waals surface area contributed by atoms with Gasteiger partial charge < -0.3 is 21.1 Å². The van der Waals surface area contributed by atoms with Gasteiger partial charge in [0.1, 0.15) is 5.82 Å². The predicted molar refractivity (Wildman–Crippen MR) is 122 cm³/mol. The van der Waals surface area contributed by atoms with E-state index in [9.17, 15) is 14.1 Å². The highest BCUT2D eigenvalue weighted by Gasteiger charge is 2.23. The van der Waals surface area contributed by atoms with Crippen molar-refractivity contribution in [3.05, 3.63) is 34.9 Å². The van der Waals surface area contributed by atoms with Crippen LogP contribution >= 0.6 is 15.9 Å². The molecular formula is C18H25BrN6O3S. The molecular weight excluding hydrogens is 460 g/mol. The zero-order valence-corrected chi connectivity index (χ0v) is 19.0. The molecule has 2 amide bonds. The molecule has 2 rings (SSSR count). The zero-order valence-electron chi connectivity index (χ0n) is 16.6. The molecule has 0 saturated carbocycles. The van der Waals surface area contributed by atoms with Crippen LogP contribution in [0.25, 0.3) is 0 Å². The van der Waals surface area contributed by atoms with E-state index < -0.39 is 21.3 Å². The van der Waals surface area contributed by atoms with Crippen molar-refractivity contribution in [3.63, 3.8) is 0 Å². The molecule has 0 saturated heterocycles. The van der Waals surface area contributed by atoms with E-state index in [2.05, 4.69) is 52.4 Å². The minimum absolute atomic E-state index is 0.255. The van der Waals surface area contributed by atoms with E-state index in [1.54, 1.807) is 44.3 Å². The molecule has 0 bridgehead atoms. The zero-order chi connectivity index (χ0) is 21.8. The Kier molecular flexibility index (Phi) is 7.09. The molecule has 1 heterocycles. The molecule has 0 spiro atoms. The van der Waals surface area contributed by atoms with Gasteiger partial charge in [-0.15, -0.1) is 0 Å². The lowest BCUT2D eigenvalue weighted by atomic mass is 10.0. The highest BCUT2D eigenvalue weighted by Crippen LogP contribution is 2.25. The molecule has 0 aliphatic rings. The van der Waals surface area contributed by atoms with Crippen LogP contribution in [0.1, 0.15) is 20.8 Å². The number of benzene rings is 1. The van der Waals surface area contributed by atoms with Crippen molar-refractivity contribution in [2.24, 2.45) is 0 Å². The number of amides is 2. The third kappa shape index (κ3) is 7.52. The maximum Gasteiger partial charge on any atom is 0.330 e. The van der Waals surface area contributed by atoms with Gasteiger partial charge in [0.15, 0.2) is 0 Å². The number of aromatic nitrogens is 2. The molecule has 1 unspecified atom stereocenters. The van der Waals surface area contributed by atoms with E-state index in [1.807, 2.05) is 6.92 Å². The smallest absolute Gasteiger partial charge is 0.330 e. The third-order valence-corrected chi connectivity index (χ3v) is 5.04. The standard InChI is InChI=1S/C18H25BrN6O3S/c1-11(18(2,3)27)21-15-14(19)10-20-16(24-15)22-12-7-6-8-13(9-12)23-17(26)25-29(4,5)28/h6-11,27H,4H2,1-3,5H3,(H2,20,21,22,24)(H2,23,25,26,28)/t11-,29?/m1/s1. The second-order valence-electron chi connectivity index (χ2n) is 7.18. The number of hydrogen-bond acceptors (Lipinski definition) is 7. The van der Waals surface area contributed by atoms with Gasteiger partial charge in [0.2, 0.25) is 5.95 Å². The Morgan fingerprint density at radius 2 is 2.00 bits per heavy atom. The largest absolute Gasteiger partial charge is 0.388 e. The Balaban J connectivity index is 2.14. The van der Waals surface area contributed by atoms with Crippen molar-refractivity contribution in [2.45, 2.75) is 32.4 Å². The summed E-state index contributed by atoms with van der Waals surface area (Å²) in [7, 11) is -2.66. The molecule has 158 valence electrons. The molecule has 1 aromatic heterocycles. The van der Waals surface area contributed by atoms with Crippen LogP contribution in [0.2, 0.25) is 0 Å². The lowest BCUT2D eigenvalue weighted by molar-refractivity contribution is 0.0647. The molecule has 0 aliphatic carbocycles. The highest BCUT2D eigenvalue weighted by atomic mass is 79.9. The number of halogens is 1. The second-order valence-corrected chi connectivity index (χ2v) is 10.2. The van der Waals surface area contributed by atoms with Gasteiger partial charge in [-0.1, -0.05) is 6.07 Å². The number of urea groups is 1. The second kappa shape index (κ2) is 8.97. The van der Waals surface area contributed by atoms with E-state index in [0.29, 0.717) is 27.6 Å². The molecule has 5 N–H and O–H groups in total. The van der Waals surface area contributed by atoms with Crippen LogP contribution in [0.5, 0.6) is 0 Å². The number of aliphatic hydroxyl groups is 1. The number of carbonyl (C=O) groups excluding carboxylic acids is 1. The number of anilines is 4. The van der Waals surface area contributed by atoms with Gasteiger partial charge in [-0.25, -0.2) is 14.0 Å². The summed E-state index contributed by atoms with van der Waals surface area (Å²) in [6, 6.07) is 6.01. The summed E-state index contributed by atoms with van der Waals surface area (Å²) in [5.74, 6) is 4.23. The summed E-state index contributed by atoms with van der Waals surface area (Å²) in [4.78, 5) is 20.5. The summed E-state index contributed by atoms with van der Waals surface area (Å²) >= 11 is 3.39. The average Bonchev–Trinajstić information content (AvgIpc) is 2.55. The summed E-state index contributed by atoms with van der Waals surface area (Å²) in [6.07, 6.45) is 2.93. The van der Waals surface area contributed by atoms with Crippen molar-refractivity contribution >= 4 is 60.7 Å². The maximum absolute atomic E-state index is 11.8. The number of rotatable bonds is 7. The van der Waals surface area contributed by atoms with E-state index in [4.69, 9.17) is 0 Å². The quantitative estimate of drug-likeness (QED) is 0.382. The van der Waals surface area contributed by atoms with Gasteiger partial charge in [0.25, 0.3) is 0 Å². The first-order valence-corrected chi connectivity index (χ1v) is 11.6. The molecule has 2 aromatic rings. The predicted octanol–water partition coefficient (Wildman–Crippen LogP) is 2.94. The van der Waals surface area contributed by atoms with Crippen molar-refractivity contribution in [1.82, 2.24) is 14.7 Å². The van der Waals surface area contributed by atoms with Crippen molar-refractivity contribution in [3.8, 4) is 0 Å². The Labute approximate surface area is 179 Å². The molecule has 2 atom stereocenters. The Morgan fingerprint density at radius 3 is 2.62 bits per heavy atom. The molecule has 1 aromatic carbocycles. The van der Waals surface area contributed by atoms with E-state index in [1.165, 1.54) is 6.26 Å². The van der Waals surface area contributed by atoms with Crippen LogP contribution < -0.4 is 20.7 Å². The van der Waals surface area contributed by atoms with Crippen LogP contribution in [0, 0.1) is 0 Å². The lowest BCUT2D eigenvalue weighted by Crippen LogP contribution is -2.39. The number of hydrogen-bond donors (Lipinski definition) is 5. The van der Waals surface area contributed by atoms with Crippen LogP contribution in [0.4, 0.5) is 27.9 Å². The van der Waals surface area contributed by atoms with Gasteiger partial charge in [-0.2, -0.15) is 4.98 Å². The fraction of sp³-hybridized carbons (Fsp3) is 0.333. The number of nitrogens with zero attached hydrogens (tertiary/aromatic N) is 2. The fourth-order valence-corrected chi connectivity index (χ4v) is 2.82. The van der Waals surface area contributed by atoms with Crippen molar-refractivity contribution < 1.29 is 14.1 Å². The highest BCUT2D eigenvalue weighted by molar-refractivity contribution is 9.10. The number of nitrogens with one attached hydrogen (secondary N) is 4. The van der Waals surface area contributed by atoms with Crippen LogP contribution in [0.3, 0.4) is 0 Å². The lowest BCUT2D eigenvalue weighted by Gasteiger charge is -2.27. The molecule has 29 heavy (non-hydrogen) atoms. The van der Waals surface area contributed by atoms with Gasteiger partial charge >= 0.3 is 6.03 Å². The van der Waals surface area contributed by atoms with Gasteiger partial charge in [-0.3, -0.25) is 4.72 Å². The third-order valence-electron chi connectivity index (χ3n) is 3.84. The van der Waals surface area contributed by atoms with E-state index >= 15 is 0 Å². The first-order valence-electron chi connectivity index (χ1n) is 8.63. The molecule has 11 heteroatoms. The maximum atomic E-state index is 11.8. The fourth-order valence-electron chi connectivity index (χ4n) is 2.07. The summed E-state index contributed by atoms with van der Waals surface area (Å²) in [6.45, 7) is 5.26. The average molecular weight is 485 g/mol. The van der Waals surface area contributed by atoms with Crippen molar-refractivity contribution in [2.75, 3.05) is 22.2 Å². The molecule has 0 fully saturated rings. The Morgan fingerprint density at radius 1 is 1.34 bits per heavy atom. The number of carbonyl (C=O) groups is 1. The SMILES string of the molecule is C=S(C)(=O)NC(=O)Nc1cccc(Nc2ncc(Br)c(N[C@H](C)C(C)(C)O)n2)c1. The van der Waals surface area contributed by atoms with Gasteiger partial charge in [-0.05, 0) is 60.8 Å². The minimum Gasteiger partial charge on any atom is -0.388 e. The van der Waals surface area contributed by atoms with Crippen LogP contribution in [-0.2, 0) is 9.71 Å². The first-order chi connectivity index (χ1) is 13.3. The first kappa shape index (κ1) is 22.9. The summed E-state index contributed by atoms with van der Waals surface area (Å²) in [5, 5.41) is 18.9. The van der Waals surface area contributed by atoms with Gasteiger partial charge in [0, 0.05) is 33.5 Å². The van der Waals surface area contributed by atoms with E-state index in [-0.39, 0.29) is 6.04 Å². The normalized spacial score (nSPS) is 14.4. The Bertz CT molecular complexity index is 991. The van der Waals surface area contributed by atoms with Crippen LogP contribution in [0.15, 0.2) is 34.9 Å². The topological polar surface area (TPSA) is 128 Å². The monoisotopic (exact) mass is 484 g/mol. The Hall–Kier alpha value is -2.37. The summed E-state index contributed by atoms with van der Waals surface area (Å²) < 4.78 is 14.5. The minimum atomic E-state index is -2.66. The molecule has 9 nitrogen and oxygen atoms in total. The van der Waals surface area contributed by atoms with Gasteiger partial charge in [0.05, 0.1) is 16.1 Å². The molecule has 0 radical (unpaired) electrons. The molecule has 0 aliphatic heterocycles. The summed E-state index contributed by atoms with van der Waals surface area (Å²) in [5.41, 5.74) is 0.190. The van der Waals surface area contributed by atoms with E-state index in [0.717, 1.165) is 0 Å².